The Hall–Kier alpha value is -3.68. The number of carbonyl (C=O) groups excluding carboxylic acids is 2. The van der Waals surface area contributed by atoms with E-state index in [0.29, 0.717) is 29.1 Å². The predicted octanol–water partition coefficient (Wildman–Crippen LogP) is 0.532. The van der Waals surface area contributed by atoms with Gasteiger partial charge in [0.2, 0.25) is 0 Å². The van der Waals surface area contributed by atoms with Crippen LogP contribution in [0.1, 0.15) is 37.4 Å². The number of nitrogens with zero attached hydrogens (tertiary/aromatic N) is 5. The van der Waals surface area contributed by atoms with Gasteiger partial charge in [0.15, 0.2) is 35.1 Å². The number of hydrazine groups is 1. The Morgan fingerprint density at radius 3 is 2.76 bits per heavy atom. The lowest BCUT2D eigenvalue weighted by molar-refractivity contribution is -0.197. The number of anilines is 1. The summed E-state index contributed by atoms with van der Waals surface area (Å²) in [5.41, 5.74) is 6.56. The number of pyridine rings is 1. The minimum Gasteiger partial charge on any atom is -0.354 e. The molecule has 0 saturated carbocycles. The van der Waals surface area contributed by atoms with Gasteiger partial charge in [0.25, 0.3) is 11.8 Å². The quantitative estimate of drug-likeness (QED) is 0.436. The molecule has 2 aliphatic heterocycles. The molecule has 2 saturated heterocycles. The summed E-state index contributed by atoms with van der Waals surface area (Å²) in [7, 11) is 0. The van der Waals surface area contributed by atoms with Crippen LogP contribution >= 0.6 is 0 Å². The number of ether oxygens (including phenoxy) is 3. The molecule has 34 heavy (non-hydrogen) atoms. The van der Waals surface area contributed by atoms with Crippen molar-refractivity contribution in [3.63, 3.8) is 0 Å². The van der Waals surface area contributed by atoms with Crippen molar-refractivity contribution in [1.82, 2.24) is 35.2 Å². The first kappa shape index (κ1) is 22.1. The SMILES string of the molecule is CCNC(=O)[C@H]1O[C@@H](n2cnc3c(NNC(=O)c4cccnc4)ncnc32)[C@@H]2OC(C)(C)O[C@@H]21. The number of nitrogens with one attached hydrogen (secondary N) is 3. The van der Waals surface area contributed by atoms with E-state index in [4.69, 9.17) is 14.2 Å². The highest BCUT2D eigenvalue weighted by molar-refractivity contribution is 5.95. The Morgan fingerprint density at radius 2 is 2.00 bits per heavy atom. The molecule has 0 spiro atoms. The molecule has 0 aromatic carbocycles. The highest BCUT2D eigenvalue weighted by Gasteiger charge is 2.58. The first-order valence-corrected chi connectivity index (χ1v) is 10.8. The number of carbonyl (C=O) groups is 2. The van der Waals surface area contributed by atoms with E-state index in [2.05, 4.69) is 36.1 Å². The summed E-state index contributed by atoms with van der Waals surface area (Å²) in [5.74, 6) is -1.25. The molecule has 5 heterocycles. The van der Waals surface area contributed by atoms with Gasteiger partial charge in [-0.2, -0.15) is 0 Å². The highest BCUT2D eigenvalue weighted by Crippen LogP contribution is 2.43. The van der Waals surface area contributed by atoms with Crippen molar-refractivity contribution < 1.29 is 23.8 Å². The van der Waals surface area contributed by atoms with Crippen LogP contribution in [0.5, 0.6) is 0 Å². The zero-order valence-electron chi connectivity index (χ0n) is 18.8. The zero-order valence-corrected chi connectivity index (χ0v) is 18.8. The van der Waals surface area contributed by atoms with E-state index >= 15 is 0 Å². The Labute approximate surface area is 194 Å². The van der Waals surface area contributed by atoms with Gasteiger partial charge in [-0.15, -0.1) is 0 Å². The number of fused-ring (bicyclic) bond motifs is 2. The first-order chi connectivity index (χ1) is 16.4. The maximum absolute atomic E-state index is 12.6. The highest BCUT2D eigenvalue weighted by atomic mass is 16.8. The number of rotatable bonds is 6. The number of likely N-dealkylation sites (N-methyl/N-ethyl adjacent to an activating group) is 1. The molecule has 2 fully saturated rings. The third kappa shape index (κ3) is 3.93. The molecule has 2 aliphatic rings. The van der Waals surface area contributed by atoms with Crippen molar-refractivity contribution >= 4 is 28.8 Å². The molecule has 13 heteroatoms. The van der Waals surface area contributed by atoms with E-state index < -0.39 is 30.3 Å². The average Bonchev–Trinajstić information content (AvgIpc) is 3.48. The van der Waals surface area contributed by atoms with Crippen LogP contribution in [0.2, 0.25) is 0 Å². The number of aromatic nitrogens is 5. The van der Waals surface area contributed by atoms with Crippen LogP contribution in [0.4, 0.5) is 5.82 Å². The fourth-order valence-corrected chi connectivity index (χ4v) is 4.10. The van der Waals surface area contributed by atoms with Crippen molar-refractivity contribution in [3.8, 4) is 0 Å². The van der Waals surface area contributed by atoms with Gasteiger partial charge >= 0.3 is 0 Å². The van der Waals surface area contributed by atoms with Crippen molar-refractivity contribution in [1.29, 1.82) is 0 Å². The maximum atomic E-state index is 12.6. The first-order valence-electron chi connectivity index (χ1n) is 10.8. The van der Waals surface area contributed by atoms with E-state index in [1.165, 1.54) is 18.9 Å². The molecule has 2 amide bonds. The monoisotopic (exact) mass is 468 g/mol. The van der Waals surface area contributed by atoms with Gasteiger partial charge in [0.05, 0.1) is 11.9 Å². The molecule has 0 bridgehead atoms. The van der Waals surface area contributed by atoms with Gasteiger partial charge in [0.1, 0.15) is 18.5 Å². The van der Waals surface area contributed by atoms with Crippen LogP contribution in [0, 0.1) is 0 Å². The van der Waals surface area contributed by atoms with Gasteiger partial charge in [0, 0.05) is 18.9 Å². The molecule has 0 radical (unpaired) electrons. The van der Waals surface area contributed by atoms with Crippen molar-refractivity contribution in [3.05, 3.63) is 42.7 Å². The third-order valence-electron chi connectivity index (χ3n) is 5.49. The lowest BCUT2D eigenvalue weighted by Crippen LogP contribution is -2.42. The van der Waals surface area contributed by atoms with Gasteiger partial charge in [-0.3, -0.25) is 30.0 Å². The second-order valence-electron chi connectivity index (χ2n) is 8.27. The molecule has 13 nitrogen and oxygen atoms in total. The summed E-state index contributed by atoms with van der Waals surface area (Å²) in [6.45, 7) is 5.88. The predicted molar refractivity (Wildman–Crippen MR) is 117 cm³/mol. The average molecular weight is 468 g/mol. The van der Waals surface area contributed by atoms with Crippen LogP contribution in [-0.2, 0) is 19.0 Å². The summed E-state index contributed by atoms with van der Waals surface area (Å²) in [5, 5.41) is 2.78. The van der Waals surface area contributed by atoms with Crippen molar-refractivity contribution in [2.75, 3.05) is 12.0 Å². The lowest BCUT2D eigenvalue weighted by Gasteiger charge is -2.24. The largest absolute Gasteiger partial charge is 0.354 e. The minimum atomic E-state index is -0.878. The van der Waals surface area contributed by atoms with Gasteiger partial charge in [-0.25, -0.2) is 15.0 Å². The number of imidazole rings is 1. The van der Waals surface area contributed by atoms with E-state index in [1.54, 1.807) is 36.7 Å². The summed E-state index contributed by atoms with van der Waals surface area (Å²) >= 11 is 0. The summed E-state index contributed by atoms with van der Waals surface area (Å²) in [6.07, 6.45) is 3.18. The van der Waals surface area contributed by atoms with Crippen LogP contribution in [0.3, 0.4) is 0 Å². The van der Waals surface area contributed by atoms with Gasteiger partial charge < -0.3 is 19.5 Å². The van der Waals surface area contributed by atoms with Crippen LogP contribution < -0.4 is 16.2 Å². The topological polar surface area (TPSA) is 154 Å². The fourth-order valence-electron chi connectivity index (χ4n) is 4.10. The molecule has 0 aliphatic carbocycles. The van der Waals surface area contributed by atoms with E-state index in [1.807, 2.05) is 6.92 Å². The van der Waals surface area contributed by atoms with Crippen LogP contribution in [0.25, 0.3) is 11.2 Å². The lowest BCUT2D eigenvalue weighted by atomic mass is 10.1. The number of amides is 2. The van der Waals surface area contributed by atoms with Crippen LogP contribution in [0.15, 0.2) is 37.2 Å². The second kappa shape index (κ2) is 8.59. The fraction of sp³-hybridized carbons (Fsp3) is 0.429. The van der Waals surface area contributed by atoms with Crippen LogP contribution in [-0.4, -0.2) is 67.0 Å². The molecule has 3 N–H and O–H groups in total. The summed E-state index contributed by atoms with van der Waals surface area (Å²) in [6, 6.07) is 3.30. The smallest absolute Gasteiger partial charge is 0.271 e. The van der Waals surface area contributed by atoms with Crippen molar-refractivity contribution in [2.24, 2.45) is 0 Å². The molecule has 3 aromatic rings. The standard InChI is InChI=1S/C21H24N8O5/c1-4-23-19(31)14-13-15(34-21(2,3)33-13)20(32-14)29-10-26-12-16(24-9-25-17(12)29)27-28-18(30)11-6-5-7-22-8-11/h5-10,13-15,20H,4H2,1-3H3,(H,23,31)(H,28,30)(H,24,25,27)/t13-,14+,15-,20-/m1/s1. The molecular formula is C21H24N8O5. The molecule has 5 rings (SSSR count). The Bertz CT molecular complexity index is 1220. The molecule has 178 valence electrons. The maximum Gasteiger partial charge on any atom is 0.271 e. The molecule has 0 unspecified atom stereocenters. The molecular weight excluding hydrogens is 444 g/mol. The summed E-state index contributed by atoms with van der Waals surface area (Å²) in [4.78, 5) is 41.8. The van der Waals surface area contributed by atoms with Gasteiger partial charge in [-0.1, -0.05) is 0 Å². The Balaban J connectivity index is 1.41. The Morgan fingerprint density at radius 1 is 1.18 bits per heavy atom. The third-order valence-corrected chi connectivity index (χ3v) is 5.49. The minimum absolute atomic E-state index is 0.277. The van der Waals surface area contributed by atoms with E-state index in [9.17, 15) is 9.59 Å². The number of hydrogen-bond acceptors (Lipinski definition) is 10. The van der Waals surface area contributed by atoms with Gasteiger partial charge in [-0.05, 0) is 32.9 Å². The van der Waals surface area contributed by atoms with E-state index in [0.717, 1.165) is 0 Å². The Kier molecular flexibility index (Phi) is 5.59. The van der Waals surface area contributed by atoms with Crippen molar-refractivity contribution in [2.45, 2.75) is 51.1 Å². The zero-order chi connectivity index (χ0) is 23.9. The summed E-state index contributed by atoms with van der Waals surface area (Å²) < 4.78 is 19.8. The normalized spacial score (nSPS) is 25.1. The molecule has 3 aromatic heterocycles. The van der Waals surface area contributed by atoms with E-state index in [-0.39, 0.29) is 11.8 Å². The molecule has 4 atom stereocenters. The second-order valence-corrected chi connectivity index (χ2v) is 8.27. The number of hydrogen-bond donors (Lipinski definition) is 3.